The second-order valence-corrected chi connectivity index (χ2v) is 5.81. The van der Waals surface area contributed by atoms with Crippen LogP contribution in [0.1, 0.15) is 62.5 Å². The maximum absolute atomic E-state index is 13.4. The van der Waals surface area contributed by atoms with E-state index < -0.39 is 0 Å². The molecule has 0 amide bonds. The summed E-state index contributed by atoms with van der Waals surface area (Å²) in [6.45, 7) is 5.16. The van der Waals surface area contributed by atoms with Gasteiger partial charge in [0, 0.05) is 6.04 Å². The number of rotatable bonds is 4. The molecule has 1 saturated carbocycles. The summed E-state index contributed by atoms with van der Waals surface area (Å²) >= 11 is 0. The van der Waals surface area contributed by atoms with Gasteiger partial charge in [0.15, 0.2) is 0 Å². The summed E-state index contributed by atoms with van der Waals surface area (Å²) in [6, 6.07) is 6.23. The molecule has 0 bridgehead atoms. The number of nitrogens with one attached hydrogen (secondary N) is 1. The highest BCUT2D eigenvalue weighted by molar-refractivity contribution is 5.28. The Kier molecular flexibility index (Phi) is 5.38. The Morgan fingerprint density at radius 1 is 1.21 bits per heavy atom. The molecule has 0 aliphatic heterocycles. The van der Waals surface area contributed by atoms with E-state index in [1.807, 2.05) is 19.1 Å². The molecule has 0 radical (unpaired) electrons. The van der Waals surface area contributed by atoms with Crippen LogP contribution in [0, 0.1) is 12.7 Å². The van der Waals surface area contributed by atoms with Gasteiger partial charge in [-0.25, -0.2) is 4.39 Å². The van der Waals surface area contributed by atoms with Gasteiger partial charge < -0.3 is 5.32 Å². The first kappa shape index (κ1) is 14.5. The smallest absolute Gasteiger partial charge is 0.126 e. The van der Waals surface area contributed by atoms with Gasteiger partial charge in [-0.05, 0) is 55.8 Å². The van der Waals surface area contributed by atoms with Gasteiger partial charge in [0.2, 0.25) is 0 Å². The van der Waals surface area contributed by atoms with E-state index in [1.165, 1.54) is 44.1 Å². The van der Waals surface area contributed by atoms with E-state index in [-0.39, 0.29) is 5.82 Å². The SMILES string of the molecule is CCCNC1CCCCCC1c1ccc(F)c(C)c1. The van der Waals surface area contributed by atoms with Gasteiger partial charge in [0.1, 0.15) is 5.82 Å². The maximum atomic E-state index is 13.4. The van der Waals surface area contributed by atoms with Crippen LogP contribution in [0.3, 0.4) is 0 Å². The number of hydrogen-bond donors (Lipinski definition) is 1. The molecule has 2 rings (SSSR count). The highest BCUT2D eigenvalue weighted by Gasteiger charge is 2.24. The Balaban J connectivity index is 2.18. The molecule has 1 nitrogen and oxygen atoms in total. The first-order valence-corrected chi connectivity index (χ1v) is 7.71. The van der Waals surface area contributed by atoms with Crippen LogP contribution in [-0.4, -0.2) is 12.6 Å². The Hall–Kier alpha value is -0.890. The highest BCUT2D eigenvalue weighted by Crippen LogP contribution is 2.32. The van der Waals surface area contributed by atoms with Crippen molar-refractivity contribution >= 4 is 0 Å². The third-order valence-electron chi connectivity index (χ3n) is 4.28. The molecular weight excluding hydrogens is 237 g/mol. The molecule has 1 N–H and O–H groups in total. The third kappa shape index (κ3) is 3.79. The normalized spacial score (nSPS) is 24.2. The summed E-state index contributed by atoms with van der Waals surface area (Å²) < 4.78 is 13.4. The standard InChI is InChI=1S/C17H26FN/c1-3-11-19-17-8-6-4-5-7-15(17)14-9-10-16(18)13(2)12-14/h9-10,12,15,17,19H,3-8,11H2,1-2H3. The minimum absolute atomic E-state index is 0.0876. The van der Waals surface area contributed by atoms with Crippen LogP contribution in [-0.2, 0) is 0 Å². The van der Waals surface area contributed by atoms with Crippen LogP contribution in [0.15, 0.2) is 18.2 Å². The molecule has 1 aromatic rings. The second kappa shape index (κ2) is 7.04. The fourth-order valence-corrected chi connectivity index (χ4v) is 3.18. The average Bonchev–Trinajstić information content (AvgIpc) is 2.65. The van der Waals surface area contributed by atoms with Crippen molar-refractivity contribution in [2.75, 3.05) is 6.54 Å². The topological polar surface area (TPSA) is 12.0 Å². The Bertz CT molecular complexity index is 402. The van der Waals surface area contributed by atoms with Crippen molar-refractivity contribution in [3.8, 4) is 0 Å². The fraction of sp³-hybridized carbons (Fsp3) is 0.647. The third-order valence-corrected chi connectivity index (χ3v) is 4.28. The number of aryl methyl sites for hydroxylation is 1. The fourth-order valence-electron chi connectivity index (χ4n) is 3.18. The Labute approximate surface area is 116 Å². The van der Waals surface area contributed by atoms with E-state index >= 15 is 0 Å². The van der Waals surface area contributed by atoms with E-state index in [4.69, 9.17) is 0 Å². The lowest BCUT2D eigenvalue weighted by Gasteiger charge is -2.27. The molecule has 1 fully saturated rings. The van der Waals surface area contributed by atoms with Crippen molar-refractivity contribution < 1.29 is 4.39 Å². The lowest BCUT2D eigenvalue weighted by atomic mass is 9.86. The zero-order chi connectivity index (χ0) is 13.7. The zero-order valence-electron chi connectivity index (χ0n) is 12.2. The van der Waals surface area contributed by atoms with E-state index in [9.17, 15) is 4.39 Å². The lowest BCUT2D eigenvalue weighted by Crippen LogP contribution is -2.34. The van der Waals surface area contributed by atoms with Gasteiger partial charge in [-0.15, -0.1) is 0 Å². The van der Waals surface area contributed by atoms with E-state index in [2.05, 4.69) is 12.2 Å². The molecule has 19 heavy (non-hydrogen) atoms. The average molecular weight is 263 g/mol. The van der Waals surface area contributed by atoms with Crippen LogP contribution in [0.2, 0.25) is 0 Å². The predicted molar refractivity (Wildman–Crippen MR) is 79.0 cm³/mol. The quantitative estimate of drug-likeness (QED) is 0.786. The highest BCUT2D eigenvalue weighted by atomic mass is 19.1. The number of benzene rings is 1. The molecule has 0 aromatic heterocycles. The summed E-state index contributed by atoms with van der Waals surface area (Å²) in [7, 11) is 0. The summed E-state index contributed by atoms with van der Waals surface area (Å²) in [5.74, 6) is 0.462. The molecule has 1 aliphatic carbocycles. The van der Waals surface area contributed by atoms with Crippen molar-refractivity contribution in [2.45, 2.75) is 64.3 Å². The largest absolute Gasteiger partial charge is 0.313 e. The van der Waals surface area contributed by atoms with Gasteiger partial charge in [-0.3, -0.25) is 0 Å². The van der Waals surface area contributed by atoms with Gasteiger partial charge >= 0.3 is 0 Å². The summed E-state index contributed by atoms with van der Waals surface area (Å²) in [4.78, 5) is 0. The first-order valence-electron chi connectivity index (χ1n) is 7.71. The number of halogens is 1. The van der Waals surface area contributed by atoms with Gasteiger partial charge in [0.05, 0.1) is 0 Å². The van der Waals surface area contributed by atoms with Gasteiger partial charge in [-0.1, -0.05) is 38.3 Å². The minimum Gasteiger partial charge on any atom is -0.313 e. The maximum Gasteiger partial charge on any atom is 0.126 e. The van der Waals surface area contributed by atoms with Crippen molar-refractivity contribution in [2.24, 2.45) is 0 Å². The van der Waals surface area contributed by atoms with Gasteiger partial charge in [0.25, 0.3) is 0 Å². The van der Waals surface area contributed by atoms with Gasteiger partial charge in [-0.2, -0.15) is 0 Å². The second-order valence-electron chi connectivity index (χ2n) is 5.81. The van der Waals surface area contributed by atoms with Crippen LogP contribution >= 0.6 is 0 Å². The molecule has 2 atom stereocenters. The summed E-state index contributed by atoms with van der Waals surface area (Å²) in [6.07, 6.45) is 7.60. The Morgan fingerprint density at radius 2 is 2.00 bits per heavy atom. The zero-order valence-corrected chi connectivity index (χ0v) is 12.2. The van der Waals surface area contributed by atoms with E-state index in [0.717, 1.165) is 12.1 Å². The predicted octanol–water partition coefficient (Wildman–Crippen LogP) is 4.55. The molecule has 2 unspecified atom stereocenters. The monoisotopic (exact) mass is 263 g/mol. The molecule has 0 heterocycles. The van der Waals surface area contributed by atoms with Crippen molar-refractivity contribution in [3.63, 3.8) is 0 Å². The first-order chi connectivity index (χ1) is 9.22. The van der Waals surface area contributed by atoms with Crippen molar-refractivity contribution in [1.82, 2.24) is 5.32 Å². The molecule has 106 valence electrons. The molecule has 0 saturated heterocycles. The molecule has 2 heteroatoms. The Morgan fingerprint density at radius 3 is 2.74 bits per heavy atom. The van der Waals surface area contributed by atoms with Crippen LogP contribution in [0.25, 0.3) is 0 Å². The van der Waals surface area contributed by atoms with Crippen LogP contribution in [0.5, 0.6) is 0 Å². The van der Waals surface area contributed by atoms with Crippen LogP contribution < -0.4 is 5.32 Å². The van der Waals surface area contributed by atoms with E-state index in [0.29, 0.717) is 12.0 Å². The summed E-state index contributed by atoms with van der Waals surface area (Å²) in [5.41, 5.74) is 2.09. The van der Waals surface area contributed by atoms with E-state index in [1.54, 1.807) is 6.07 Å². The van der Waals surface area contributed by atoms with Crippen molar-refractivity contribution in [3.05, 3.63) is 35.1 Å². The minimum atomic E-state index is -0.0876. The molecular formula is C17H26FN. The van der Waals surface area contributed by atoms with Crippen LogP contribution in [0.4, 0.5) is 4.39 Å². The van der Waals surface area contributed by atoms with Crippen molar-refractivity contribution in [1.29, 1.82) is 0 Å². The molecule has 0 spiro atoms. The molecule has 1 aromatic carbocycles. The summed E-state index contributed by atoms with van der Waals surface area (Å²) in [5, 5.41) is 3.70. The number of hydrogen-bond acceptors (Lipinski definition) is 1. The molecule has 1 aliphatic rings. The lowest BCUT2D eigenvalue weighted by molar-refractivity contribution is 0.410.